The van der Waals surface area contributed by atoms with Crippen LogP contribution in [-0.4, -0.2) is 0 Å². The molecule has 5 heteroatoms. The van der Waals surface area contributed by atoms with E-state index in [0.717, 1.165) is 16.7 Å². The Bertz CT molecular complexity index is 825. The van der Waals surface area contributed by atoms with Crippen molar-refractivity contribution in [2.24, 2.45) is 0 Å². The molecule has 3 rings (SSSR count). The van der Waals surface area contributed by atoms with Gasteiger partial charge in [0.05, 0.1) is 0 Å². The molecule has 3 nitrogen and oxygen atoms in total. The Morgan fingerprint density at radius 1 is 0.583 bits per heavy atom. The van der Waals surface area contributed by atoms with E-state index >= 15 is 0 Å². The van der Waals surface area contributed by atoms with Crippen LogP contribution in [0.3, 0.4) is 0 Å². The molecule has 0 saturated heterocycles. The first-order valence-corrected chi connectivity index (χ1v) is 8.16. The van der Waals surface area contributed by atoms with Gasteiger partial charge in [-0.2, -0.15) is 0 Å². The van der Waals surface area contributed by atoms with E-state index in [1.807, 2.05) is 48.5 Å². The number of hydrogen-bond acceptors (Lipinski definition) is 3. The lowest BCUT2D eigenvalue weighted by molar-refractivity contribution is 0.979. The van der Waals surface area contributed by atoms with Crippen molar-refractivity contribution < 1.29 is 0 Å². The maximum Gasteiger partial charge on any atom is 0.0468 e. The third-order valence-corrected chi connectivity index (χ3v) is 4.60. The molecule has 24 heavy (non-hydrogen) atoms. The molecular formula is C19H17Cl2N3. The van der Waals surface area contributed by atoms with E-state index in [1.165, 1.54) is 0 Å². The largest absolute Gasteiger partial charge is 0.399 e. The standard InChI is InChI=1S/C19H17Cl2N3/c20-17-9-13(23)5-7-15(17)19(11-1-3-12(22)4-2-11)16-8-6-14(24)10-18(16)21/h1-10,19H,22-24H2. The van der Waals surface area contributed by atoms with Crippen molar-refractivity contribution in [1.29, 1.82) is 0 Å². The van der Waals surface area contributed by atoms with E-state index in [-0.39, 0.29) is 5.92 Å². The molecule has 0 aromatic heterocycles. The topological polar surface area (TPSA) is 78.1 Å². The van der Waals surface area contributed by atoms with Gasteiger partial charge in [0.25, 0.3) is 0 Å². The van der Waals surface area contributed by atoms with Gasteiger partial charge in [-0.05, 0) is 53.1 Å². The minimum atomic E-state index is -0.146. The van der Waals surface area contributed by atoms with Gasteiger partial charge in [-0.3, -0.25) is 0 Å². The smallest absolute Gasteiger partial charge is 0.0468 e. The van der Waals surface area contributed by atoms with Crippen LogP contribution in [0.25, 0.3) is 0 Å². The second kappa shape index (κ2) is 6.63. The Kier molecular flexibility index (Phi) is 4.56. The summed E-state index contributed by atoms with van der Waals surface area (Å²) < 4.78 is 0. The maximum absolute atomic E-state index is 6.47. The SMILES string of the molecule is Nc1ccc(C(c2ccc(N)cc2Cl)c2ccc(N)cc2Cl)cc1. The van der Waals surface area contributed by atoms with Gasteiger partial charge in [0.2, 0.25) is 0 Å². The molecule has 0 amide bonds. The van der Waals surface area contributed by atoms with Crippen LogP contribution in [0.15, 0.2) is 60.7 Å². The molecule has 0 spiro atoms. The number of nitrogen functional groups attached to an aromatic ring is 3. The fourth-order valence-corrected chi connectivity index (χ4v) is 3.37. The molecule has 0 atom stereocenters. The van der Waals surface area contributed by atoms with Crippen LogP contribution in [0.1, 0.15) is 22.6 Å². The maximum atomic E-state index is 6.47. The van der Waals surface area contributed by atoms with Crippen molar-refractivity contribution in [1.82, 2.24) is 0 Å². The van der Waals surface area contributed by atoms with Gasteiger partial charge in [0.15, 0.2) is 0 Å². The van der Waals surface area contributed by atoms with Crippen LogP contribution in [0, 0.1) is 0 Å². The van der Waals surface area contributed by atoms with Crippen LogP contribution in [0.5, 0.6) is 0 Å². The van der Waals surface area contributed by atoms with Gasteiger partial charge >= 0.3 is 0 Å². The number of halogens is 2. The van der Waals surface area contributed by atoms with E-state index in [0.29, 0.717) is 27.1 Å². The second-order valence-electron chi connectivity index (χ2n) is 5.66. The van der Waals surface area contributed by atoms with E-state index in [1.54, 1.807) is 12.1 Å². The minimum absolute atomic E-state index is 0.146. The minimum Gasteiger partial charge on any atom is -0.399 e. The number of benzene rings is 3. The fraction of sp³-hybridized carbons (Fsp3) is 0.0526. The Hall–Kier alpha value is -2.36. The van der Waals surface area contributed by atoms with Crippen LogP contribution < -0.4 is 17.2 Å². The van der Waals surface area contributed by atoms with Gasteiger partial charge in [-0.1, -0.05) is 47.5 Å². The van der Waals surface area contributed by atoms with E-state index in [9.17, 15) is 0 Å². The van der Waals surface area contributed by atoms with E-state index < -0.39 is 0 Å². The van der Waals surface area contributed by atoms with Gasteiger partial charge in [0.1, 0.15) is 0 Å². The van der Waals surface area contributed by atoms with Gasteiger partial charge in [0, 0.05) is 33.0 Å². The third-order valence-electron chi connectivity index (χ3n) is 3.94. The summed E-state index contributed by atoms with van der Waals surface area (Å²) in [6.45, 7) is 0. The molecule has 122 valence electrons. The lowest BCUT2D eigenvalue weighted by atomic mass is 9.85. The molecule has 0 fully saturated rings. The van der Waals surface area contributed by atoms with E-state index in [2.05, 4.69) is 0 Å². The summed E-state index contributed by atoms with van der Waals surface area (Å²) in [6.07, 6.45) is 0. The predicted octanol–water partition coefficient (Wildman–Crippen LogP) is 4.92. The Morgan fingerprint density at radius 3 is 1.42 bits per heavy atom. The number of anilines is 3. The summed E-state index contributed by atoms with van der Waals surface area (Å²) >= 11 is 12.9. The zero-order valence-corrected chi connectivity index (χ0v) is 14.4. The summed E-state index contributed by atoms with van der Waals surface area (Å²) in [5, 5.41) is 1.18. The van der Waals surface area contributed by atoms with Crippen LogP contribution in [-0.2, 0) is 0 Å². The molecule has 0 aliphatic carbocycles. The average Bonchev–Trinajstić information content (AvgIpc) is 2.53. The summed E-state index contributed by atoms with van der Waals surface area (Å²) in [4.78, 5) is 0. The summed E-state index contributed by atoms with van der Waals surface area (Å²) in [5.74, 6) is -0.146. The highest BCUT2D eigenvalue weighted by Gasteiger charge is 2.22. The quantitative estimate of drug-likeness (QED) is 0.459. The first kappa shape index (κ1) is 16.5. The van der Waals surface area contributed by atoms with Crippen LogP contribution in [0.4, 0.5) is 17.1 Å². The lowest BCUT2D eigenvalue weighted by Crippen LogP contribution is -2.06. The average molecular weight is 358 g/mol. The fourth-order valence-electron chi connectivity index (χ4n) is 2.77. The molecule has 3 aromatic carbocycles. The molecule has 0 aliphatic rings. The van der Waals surface area contributed by atoms with Gasteiger partial charge in [-0.25, -0.2) is 0 Å². The van der Waals surface area contributed by atoms with Crippen molar-refractivity contribution >= 4 is 40.3 Å². The molecule has 3 aromatic rings. The van der Waals surface area contributed by atoms with Crippen molar-refractivity contribution in [3.05, 3.63) is 87.4 Å². The second-order valence-corrected chi connectivity index (χ2v) is 6.48. The van der Waals surface area contributed by atoms with Crippen molar-refractivity contribution in [2.75, 3.05) is 17.2 Å². The highest BCUT2D eigenvalue weighted by molar-refractivity contribution is 6.32. The summed E-state index contributed by atoms with van der Waals surface area (Å²) in [5.41, 5.74) is 22.3. The molecule has 6 N–H and O–H groups in total. The lowest BCUT2D eigenvalue weighted by Gasteiger charge is -2.22. The first-order chi connectivity index (χ1) is 11.5. The van der Waals surface area contributed by atoms with Gasteiger partial charge in [-0.15, -0.1) is 0 Å². The van der Waals surface area contributed by atoms with Crippen molar-refractivity contribution in [3.8, 4) is 0 Å². The Balaban J connectivity index is 2.22. The van der Waals surface area contributed by atoms with Crippen LogP contribution in [0.2, 0.25) is 10.0 Å². The van der Waals surface area contributed by atoms with Crippen LogP contribution >= 0.6 is 23.2 Å². The molecule has 0 aliphatic heterocycles. The number of rotatable bonds is 3. The van der Waals surface area contributed by atoms with Crippen molar-refractivity contribution in [2.45, 2.75) is 5.92 Å². The predicted molar refractivity (Wildman–Crippen MR) is 104 cm³/mol. The summed E-state index contributed by atoms with van der Waals surface area (Å²) in [6, 6.07) is 18.7. The highest BCUT2D eigenvalue weighted by atomic mass is 35.5. The first-order valence-electron chi connectivity index (χ1n) is 7.41. The molecule has 0 saturated carbocycles. The molecule has 0 unspecified atom stereocenters. The zero-order valence-electron chi connectivity index (χ0n) is 12.8. The monoisotopic (exact) mass is 357 g/mol. The normalized spacial score (nSPS) is 11.0. The zero-order chi connectivity index (χ0) is 17.3. The molecule has 0 radical (unpaired) electrons. The Labute approximate surface area is 151 Å². The van der Waals surface area contributed by atoms with E-state index in [4.69, 9.17) is 40.4 Å². The van der Waals surface area contributed by atoms with Gasteiger partial charge < -0.3 is 17.2 Å². The third kappa shape index (κ3) is 3.28. The molecule has 0 heterocycles. The summed E-state index contributed by atoms with van der Waals surface area (Å²) in [7, 11) is 0. The molecular weight excluding hydrogens is 341 g/mol. The number of nitrogens with two attached hydrogens (primary N) is 3. The number of hydrogen-bond donors (Lipinski definition) is 3. The Morgan fingerprint density at radius 2 is 1.00 bits per heavy atom. The highest BCUT2D eigenvalue weighted by Crippen LogP contribution is 2.40. The van der Waals surface area contributed by atoms with Crippen molar-refractivity contribution in [3.63, 3.8) is 0 Å². The molecule has 0 bridgehead atoms.